The molecule has 3 rings (SSSR count). The fourth-order valence-corrected chi connectivity index (χ4v) is 5.10. The summed E-state index contributed by atoms with van der Waals surface area (Å²) in [5.74, 6) is -0.356. The summed E-state index contributed by atoms with van der Waals surface area (Å²) in [6.45, 7) is 9.01. The Labute approximate surface area is 169 Å². The summed E-state index contributed by atoms with van der Waals surface area (Å²) in [5, 5.41) is 3.81. The molecule has 0 aliphatic carbocycles. The average Bonchev–Trinajstić information content (AvgIpc) is 2.92. The van der Waals surface area contributed by atoms with Gasteiger partial charge in [0.1, 0.15) is 0 Å². The monoisotopic (exact) mass is 417 g/mol. The van der Waals surface area contributed by atoms with Gasteiger partial charge in [0.25, 0.3) is 5.91 Å². The molecule has 0 saturated carbocycles. The molecular weight excluding hydrogens is 394 g/mol. The van der Waals surface area contributed by atoms with Crippen LogP contribution in [0.1, 0.15) is 41.7 Å². The zero-order chi connectivity index (χ0) is 20.7. The van der Waals surface area contributed by atoms with Crippen LogP contribution in [0.5, 0.6) is 0 Å². The van der Waals surface area contributed by atoms with Crippen molar-refractivity contribution in [3.05, 3.63) is 52.5 Å². The molecule has 6 nitrogen and oxygen atoms in total. The molecule has 8 heteroatoms. The van der Waals surface area contributed by atoms with Crippen LogP contribution in [0.15, 0.2) is 41.3 Å². The second-order valence-corrected chi connectivity index (χ2v) is 10.6. The SMILES string of the molecule is Cc1nc2ccc(NC(=O)c3cc(S(=O)(=O)NC(C)(C)C)ccc3C)cc2s1. The van der Waals surface area contributed by atoms with E-state index in [1.807, 2.05) is 19.1 Å². The van der Waals surface area contributed by atoms with Gasteiger partial charge in [0.05, 0.1) is 20.1 Å². The number of nitrogens with zero attached hydrogens (tertiary/aromatic N) is 1. The number of aryl methyl sites for hydroxylation is 2. The average molecular weight is 418 g/mol. The number of nitrogens with one attached hydrogen (secondary N) is 2. The first kappa shape index (κ1) is 20.4. The van der Waals surface area contributed by atoms with Crippen molar-refractivity contribution in [3.63, 3.8) is 0 Å². The Morgan fingerprint density at radius 1 is 1.07 bits per heavy atom. The Morgan fingerprint density at radius 2 is 1.79 bits per heavy atom. The van der Waals surface area contributed by atoms with Crippen LogP contribution >= 0.6 is 11.3 Å². The molecule has 1 heterocycles. The number of fused-ring (bicyclic) bond motifs is 1. The number of aromatic nitrogens is 1. The highest BCUT2D eigenvalue weighted by molar-refractivity contribution is 7.89. The number of thiazole rings is 1. The van der Waals surface area contributed by atoms with Crippen LogP contribution in [-0.2, 0) is 10.0 Å². The first-order valence-electron chi connectivity index (χ1n) is 8.78. The minimum absolute atomic E-state index is 0.0618. The lowest BCUT2D eigenvalue weighted by molar-refractivity contribution is 0.102. The number of amides is 1. The molecule has 0 atom stereocenters. The molecule has 0 bridgehead atoms. The lowest BCUT2D eigenvalue weighted by Crippen LogP contribution is -2.40. The van der Waals surface area contributed by atoms with E-state index in [1.54, 1.807) is 51.2 Å². The van der Waals surface area contributed by atoms with Crippen LogP contribution in [-0.4, -0.2) is 24.8 Å². The van der Waals surface area contributed by atoms with E-state index in [1.165, 1.54) is 12.1 Å². The molecule has 1 aromatic heterocycles. The van der Waals surface area contributed by atoms with E-state index < -0.39 is 15.6 Å². The standard InChI is InChI=1S/C20H23N3O3S2/c1-12-6-8-15(28(25,26)23-20(3,4)5)11-16(12)19(24)22-14-7-9-17-18(10-14)27-13(2)21-17/h6-11,23H,1-5H3,(H,22,24). The van der Waals surface area contributed by atoms with Crippen molar-refractivity contribution in [2.24, 2.45) is 0 Å². The summed E-state index contributed by atoms with van der Waals surface area (Å²) < 4.78 is 28.8. The number of benzene rings is 2. The number of sulfonamides is 1. The third-order valence-corrected chi connectivity index (χ3v) is 6.65. The molecule has 0 aliphatic rings. The van der Waals surface area contributed by atoms with Crippen LogP contribution in [0.2, 0.25) is 0 Å². The zero-order valence-corrected chi connectivity index (χ0v) is 18.1. The Hall–Kier alpha value is -2.29. The Bertz CT molecular complexity index is 1160. The van der Waals surface area contributed by atoms with E-state index in [0.717, 1.165) is 15.2 Å². The maximum atomic E-state index is 12.8. The molecule has 0 saturated heterocycles. The van der Waals surface area contributed by atoms with Gasteiger partial charge in [-0.15, -0.1) is 11.3 Å². The maximum absolute atomic E-state index is 12.8. The third-order valence-electron chi connectivity index (χ3n) is 3.96. The van der Waals surface area contributed by atoms with Crippen molar-refractivity contribution in [3.8, 4) is 0 Å². The molecule has 2 aromatic carbocycles. The summed E-state index contributed by atoms with van der Waals surface area (Å²) in [6, 6.07) is 10.1. The predicted octanol–water partition coefficient (Wildman–Crippen LogP) is 4.24. The summed E-state index contributed by atoms with van der Waals surface area (Å²) >= 11 is 1.55. The van der Waals surface area contributed by atoms with E-state index in [2.05, 4.69) is 15.0 Å². The number of rotatable bonds is 4. The fraction of sp³-hybridized carbons (Fsp3) is 0.300. The summed E-state index contributed by atoms with van der Waals surface area (Å²) in [5.41, 5.74) is 1.92. The second kappa shape index (κ2) is 7.27. The highest BCUT2D eigenvalue weighted by atomic mass is 32.2. The molecule has 0 unspecified atom stereocenters. The molecule has 0 aliphatic heterocycles. The van der Waals surface area contributed by atoms with E-state index in [4.69, 9.17) is 0 Å². The van der Waals surface area contributed by atoms with Gasteiger partial charge in [0, 0.05) is 16.8 Å². The number of anilines is 1. The molecule has 28 heavy (non-hydrogen) atoms. The summed E-state index contributed by atoms with van der Waals surface area (Å²) in [6.07, 6.45) is 0. The second-order valence-electron chi connectivity index (χ2n) is 7.70. The summed E-state index contributed by atoms with van der Waals surface area (Å²) in [7, 11) is -3.73. The summed E-state index contributed by atoms with van der Waals surface area (Å²) in [4.78, 5) is 17.3. The Morgan fingerprint density at radius 3 is 2.46 bits per heavy atom. The van der Waals surface area contributed by atoms with Gasteiger partial charge in [-0.25, -0.2) is 18.1 Å². The van der Waals surface area contributed by atoms with Crippen LogP contribution in [0.3, 0.4) is 0 Å². The number of carbonyl (C=O) groups excluding carboxylic acids is 1. The van der Waals surface area contributed by atoms with Crippen LogP contribution in [0.25, 0.3) is 10.2 Å². The van der Waals surface area contributed by atoms with Crippen molar-refractivity contribution in [1.29, 1.82) is 0 Å². The smallest absolute Gasteiger partial charge is 0.255 e. The molecule has 2 N–H and O–H groups in total. The quantitative estimate of drug-likeness (QED) is 0.664. The molecule has 148 valence electrons. The molecule has 0 radical (unpaired) electrons. The van der Waals surface area contributed by atoms with Crippen molar-refractivity contribution >= 4 is 43.2 Å². The molecule has 3 aromatic rings. The zero-order valence-electron chi connectivity index (χ0n) is 16.5. The minimum atomic E-state index is -3.73. The predicted molar refractivity (Wildman–Crippen MR) is 114 cm³/mol. The lowest BCUT2D eigenvalue weighted by Gasteiger charge is -2.20. The minimum Gasteiger partial charge on any atom is -0.322 e. The fourth-order valence-electron chi connectivity index (χ4n) is 2.79. The van der Waals surface area contributed by atoms with Gasteiger partial charge in [-0.2, -0.15) is 0 Å². The van der Waals surface area contributed by atoms with Gasteiger partial charge in [0.15, 0.2) is 0 Å². The van der Waals surface area contributed by atoms with Crippen molar-refractivity contribution in [2.75, 3.05) is 5.32 Å². The van der Waals surface area contributed by atoms with Crippen molar-refractivity contribution in [2.45, 2.75) is 45.1 Å². The maximum Gasteiger partial charge on any atom is 0.255 e. The molecule has 0 spiro atoms. The van der Waals surface area contributed by atoms with E-state index in [0.29, 0.717) is 16.8 Å². The molecular formula is C20H23N3O3S2. The number of hydrogen-bond donors (Lipinski definition) is 2. The Balaban J connectivity index is 1.90. The highest BCUT2D eigenvalue weighted by Crippen LogP contribution is 2.25. The Kier molecular flexibility index (Phi) is 5.31. The number of hydrogen-bond acceptors (Lipinski definition) is 5. The molecule has 1 amide bonds. The van der Waals surface area contributed by atoms with Gasteiger partial charge in [-0.05, 0) is 70.5 Å². The number of carbonyl (C=O) groups is 1. The van der Waals surface area contributed by atoms with Crippen LogP contribution in [0, 0.1) is 13.8 Å². The highest BCUT2D eigenvalue weighted by Gasteiger charge is 2.23. The first-order chi connectivity index (χ1) is 12.9. The van der Waals surface area contributed by atoms with E-state index >= 15 is 0 Å². The lowest BCUT2D eigenvalue weighted by atomic mass is 10.1. The van der Waals surface area contributed by atoms with Crippen LogP contribution in [0.4, 0.5) is 5.69 Å². The van der Waals surface area contributed by atoms with Gasteiger partial charge in [-0.1, -0.05) is 6.07 Å². The van der Waals surface area contributed by atoms with Gasteiger partial charge in [-0.3, -0.25) is 4.79 Å². The first-order valence-corrected chi connectivity index (χ1v) is 11.1. The van der Waals surface area contributed by atoms with Gasteiger partial charge in [0.2, 0.25) is 10.0 Å². The molecule has 0 fully saturated rings. The van der Waals surface area contributed by atoms with E-state index in [-0.39, 0.29) is 10.8 Å². The van der Waals surface area contributed by atoms with E-state index in [9.17, 15) is 13.2 Å². The van der Waals surface area contributed by atoms with Gasteiger partial charge < -0.3 is 5.32 Å². The van der Waals surface area contributed by atoms with Crippen molar-refractivity contribution < 1.29 is 13.2 Å². The normalized spacial score (nSPS) is 12.3. The van der Waals surface area contributed by atoms with Gasteiger partial charge >= 0.3 is 0 Å². The third kappa shape index (κ3) is 4.57. The van der Waals surface area contributed by atoms with Crippen molar-refractivity contribution in [1.82, 2.24) is 9.71 Å². The largest absolute Gasteiger partial charge is 0.322 e. The topological polar surface area (TPSA) is 88.2 Å². The van der Waals surface area contributed by atoms with Crippen LogP contribution < -0.4 is 10.0 Å².